The number of ketones is 1. The lowest BCUT2D eigenvalue weighted by Crippen LogP contribution is -2.31. The highest BCUT2D eigenvalue weighted by molar-refractivity contribution is 6.32. The average molecular weight is 434 g/mol. The number of Topliss-reactive ketones (excluding diaryl/α,β-unsaturated/α-hetero) is 1. The molecular weight excluding hydrogens is 414 g/mol. The minimum atomic E-state index is -0.795. The first-order valence-corrected chi connectivity index (χ1v) is 9.66. The maximum Gasteiger partial charge on any atom is 0.325 e. The van der Waals surface area contributed by atoms with Crippen molar-refractivity contribution < 1.29 is 24.0 Å². The molecule has 3 rings (SSSR count). The summed E-state index contributed by atoms with van der Waals surface area (Å²) < 4.78 is 7.09. The van der Waals surface area contributed by atoms with Gasteiger partial charge in [0.1, 0.15) is 11.6 Å². The van der Waals surface area contributed by atoms with Crippen molar-refractivity contribution in [3.63, 3.8) is 0 Å². The van der Waals surface area contributed by atoms with Gasteiger partial charge in [-0.15, -0.1) is 0 Å². The molecule has 0 bridgehead atoms. The number of nitro benzene ring substituents is 1. The Kier molecular flexibility index (Phi) is 6.21. The van der Waals surface area contributed by atoms with E-state index in [1.54, 1.807) is 6.07 Å². The molecule has 1 N–H and O–H groups in total. The van der Waals surface area contributed by atoms with Gasteiger partial charge in [0, 0.05) is 34.6 Å². The fourth-order valence-corrected chi connectivity index (χ4v) is 3.46. The first kappa shape index (κ1) is 21.5. The lowest BCUT2D eigenvalue weighted by molar-refractivity contribution is -0.384. The summed E-state index contributed by atoms with van der Waals surface area (Å²) in [6, 6.07) is 5.77. The lowest BCUT2D eigenvalue weighted by atomic mass is 10.1. The molecule has 1 aliphatic rings. The van der Waals surface area contributed by atoms with E-state index in [1.165, 1.54) is 12.1 Å². The second-order valence-corrected chi connectivity index (χ2v) is 7.48. The number of halogens is 1. The molecule has 2 aromatic rings. The number of ether oxygens (including phenoxy) is 1. The van der Waals surface area contributed by atoms with Gasteiger partial charge in [-0.05, 0) is 44.9 Å². The summed E-state index contributed by atoms with van der Waals surface area (Å²) in [6.45, 7) is 2.89. The number of carbonyl (C=O) groups is 3. The first-order chi connectivity index (χ1) is 14.2. The molecule has 1 aliphatic carbocycles. The van der Waals surface area contributed by atoms with Crippen LogP contribution in [0, 0.1) is 24.0 Å². The van der Waals surface area contributed by atoms with Crippen LogP contribution in [0.1, 0.15) is 51.0 Å². The predicted molar refractivity (Wildman–Crippen MR) is 108 cm³/mol. The molecule has 158 valence electrons. The van der Waals surface area contributed by atoms with Crippen LogP contribution in [-0.2, 0) is 9.53 Å². The van der Waals surface area contributed by atoms with E-state index in [0.717, 1.165) is 30.3 Å². The van der Waals surface area contributed by atoms with Crippen LogP contribution in [-0.4, -0.2) is 40.3 Å². The van der Waals surface area contributed by atoms with Gasteiger partial charge in [0.05, 0.1) is 4.92 Å². The second kappa shape index (κ2) is 8.66. The van der Waals surface area contributed by atoms with Crippen LogP contribution >= 0.6 is 11.6 Å². The zero-order valence-corrected chi connectivity index (χ0v) is 17.2. The third kappa shape index (κ3) is 4.68. The molecule has 1 heterocycles. The van der Waals surface area contributed by atoms with Gasteiger partial charge >= 0.3 is 5.97 Å². The number of carbonyl (C=O) groups excluding carboxylic acids is 3. The fraction of sp³-hybridized carbons (Fsp3) is 0.350. The molecule has 30 heavy (non-hydrogen) atoms. The summed E-state index contributed by atoms with van der Waals surface area (Å²) in [5.74, 6) is -1.81. The van der Waals surface area contributed by atoms with Crippen molar-refractivity contribution in [1.82, 2.24) is 9.88 Å². The van der Waals surface area contributed by atoms with Crippen molar-refractivity contribution in [2.24, 2.45) is 0 Å². The van der Waals surface area contributed by atoms with E-state index in [1.807, 2.05) is 13.8 Å². The molecule has 1 fully saturated rings. The van der Waals surface area contributed by atoms with Gasteiger partial charge in [0.2, 0.25) is 5.78 Å². The highest BCUT2D eigenvalue weighted by atomic mass is 35.5. The molecule has 1 aromatic carbocycles. The number of aromatic nitrogens is 1. The number of esters is 1. The van der Waals surface area contributed by atoms with Crippen LogP contribution in [0.25, 0.3) is 0 Å². The number of nitro groups is 1. The van der Waals surface area contributed by atoms with E-state index in [4.69, 9.17) is 16.3 Å². The highest BCUT2D eigenvalue weighted by Crippen LogP contribution is 2.38. The minimum absolute atomic E-state index is 0.0255. The Morgan fingerprint density at radius 1 is 1.27 bits per heavy atom. The molecule has 9 nitrogen and oxygen atoms in total. The summed E-state index contributed by atoms with van der Waals surface area (Å²) in [7, 11) is 0. The normalized spacial score (nSPS) is 13.0. The monoisotopic (exact) mass is 433 g/mol. The Labute approximate surface area is 177 Å². The third-order valence-electron chi connectivity index (χ3n) is 4.86. The van der Waals surface area contributed by atoms with E-state index in [-0.39, 0.29) is 16.4 Å². The Bertz CT molecular complexity index is 1040. The van der Waals surface area contributed by atoms with Gasteiger partial charge in [-0.25, -0.2) is 0 Å². The zero-order chi connectivity index (χ0) is 22.0. The standard InChI is InChI=1S/C20H20ClN3O6/c1-11-7-15(12(2)23(11)14-4-5-14)18(25)10-30-19(26)9-22-20(27)13-3-6-16(21)17(8-13)24(28)29/h3,6-8,14H,4-5,9-10H2,1-2H3,(H,22,27). The van der Waals surface area contributed by atoms with Crippen molar-refractivity contribution in [3.8, 4) is 0 Å². The van der Waals surface area contributed by atoms with Gasteiger partial charge in [0.15, 0.2) is 6.61 Å². The van der Waals surface area contributed by atoms with E-state index in [2.05, 4.69) is 9.88 Å². The van der Waals surface area contributed by atoms with E-state index < -0.39 is 35.6 Å². The number of rotatable bonds is 8. The van der Waals surface area contributed by atoms with Crippen LogP contribution in [0.3, 0.4) is 0 Å². The van der Waals surface area contributed by atoms with Crippen molar-refractivity contribution in [2.45, 2.75) is 32.7 Å². The molecule has 0 aliphatic heterocycles. The Hall–Kier alpha value is -3.20. The Balaban J connectivity index is 1.52. The number of amides is 1. The second-order valence-electron chi connectivity index (χ2n) is 7.08. The maximum atomic E-state index is 12.4. The van der Waals surface area contributed by atoms with Crippen molar-refractivity contribution in [1.29, 1.82) is 0 Å². The zero-order valence-electron chi connectivity index (χ0n) is 16.4. The van der Waals surface area contributed by atoms with Crippen molar-refractivity contribution >= 4 is 34.9 Å². The smallest absolute Gasteiger partial charge is 0.325 e. The number of hydrogen-bond donors (Lipinski definition) is 1. The van der Waals surface area contributed by atoms with E-state index >= 15 is 0 Å². The molecule has 0 spiro atoms. The van der Waals surface area contributed by atoms with E-state index in [9.17, 15) is 24.5 Å². The molecule has 1 saturated carbocycles. The highest BCUT2D eigenvalue weighted by Gasteiger charge is 2.28. The van der Waals surface area contributed by atoms with E-state index in [0.29, 0.717) is 11.6 Å². The third-order valence-corrected chi connectivity index (χ3v) is 5.18. The number of benzene rings is 1. The van der Waals surface area contributed by atoms with Gasteiger partial charge < -0.3 is 14.6 Å². The summed E-state index contributed by atoms with van der Waals surface area (Å²) in [5, 5.41) is 13.1. The summed E-state index contributed by atoms with van der Waals surface area (Å²) in [5.41, 5.74) is 1.93. The summed E-state index contributed by atoms with van der Waals surface area (Å²) in [6.07, 6.45) is 2.19. The lowest BCUT2D eigenvalue weighted by Gasteiger charge is -2.08. The van der Waals surface area contributed by atoms with Gasteiger partial charge in [-0.3, -0.25) is 24.5 Å². The summed E-state index contributed by atoms with van der Waals surface area (Å²) >= 11 is 5.71. The van der Waals surface area contributed by atoms with Gasteiger partial charge in [-0.2, -0.15) is 0 Å². The molecule has 0 radical (unpaired) electrons. The van der Waals surface area contributed by atoms with Gasteiger partial charge in [0.25, 0.3) is 11.6 Å². The fourth-order valence-electron chi connectivity index (χ4n) is 3.28. The molecular formula is C20H20ClN3O6. The number of hydrogen-bond acceptors (Lipinski definition) is 6. The number of aryl methyl sites for hydroxylation is 1. The molecule has 0 atom stereocenters. The molecule has 0 unspecified atom stereocenters. The minimum Gasteiger partial charge on any atom is -0.456 e. The van der Waals surface area contributed by atoms with Crippen molar-refractivity contribution in [3.05, 3.63) is 61.9 Å². The summed E-state index contributed by atoms with van der Waals surface area (Å²) in [4.78, 5) is 46.6. The molecule has 10 heteroatoms. The number of nitrogens with zero attached hydrogens (tertiary/aromatic N) is 2. The molecule has 1 aromatic heterocycles. The number of nitrogens with one attached hydrogen (secondary N) is 1. The quantitative estimate of drug-likeness (QED) is 0.295. The SMILES string of the molecule is Cc1cc(C(=O)COC(=O)CNC(=O)c2ccc(Cl)c([N+](=O)[O-])c2)c(C)n1C1CC1. The molecule has 0 saturated heterocycles. The van der Waals surface area contributed by atoms with Crippen LogP contribution < -0.4 is 5.32 Å². The average Bonchev–Trinajstić information content (AvgIpc) is 3.48. The van der Waals surface area contributed by atoms with Crippen LogP contribution in [0.15, 0.2) is 24.3 Å². The van der Waals surface area contributed by atoms with Crippen molar-refractivity contribution in [2.75, 3.05) is 13.2 Å². The first-order valence-electron chi connectivity index (χ1n) is 9.28. The predicted octanol–water partition coefficient (Wildman–Crippen LogP) is 3.16. The van der Waals surface area contributed by atoms with Crippen LogP contribution in [0.5, 0.6) is 0 Å². The Morgan fingerprint density at radius 3 is 2.60 bits per heavy atom. The Morgan fingerprint density at radius 2 is 1.97 bits per heavy atom. The van der Waals surface area contributed by atoms with Crippen LogP contribution in [0.2, 0.25) is 5.02 Å². The maximum absolute atomic E-state index is 12.4. The van der Waals surface area contributed by atoms with Crippen LogP contribution in [0.4, 0.5) is 5.69 Å². The molecule has 1 amide bonds. The topological polar surface area (TPSA) is 121 Å². The van der Waals surface area contributed by atoms with Gasteiger partial charge in [-0.1, -0.05) is 11.6 Å². The largest absolute Gasteiger partial charge is 0.456 e.